The average molecular weight is 294 g/mol. The maximum atomic E-state index is 9.91. The SMILES string of the molecule is [O]CC(Br)=C(Br)Br. The van der Waals surface area contributed by atoms with Gasteiger partial charge < -0.3 is 0 Å². The quantitative estimate of drug-likeness (QED) is 0.708. The van der Waals surface area contributed by atoms with Crippen LogP contribution in [0.5, 0.6) is 0 Å². The van der Waals surface area contributed by atoms with E-state index in [1.807, 2.05) is 0 Å². The lowest BCUT2D eigenvalue weighted by atomic mass is 10.7. The fourth-order valence-corrected chi connectivity index (χ4v) is 0.283. The van der Waals surface area contributed by atoms with E-state index in [2.05, 4.69) is 47.8 Å². The predicted molar refractivity (Wildman–Crippen MR) is 39.4 cm³/mol. The van der Waals surface area contributed by atoms with Gasteiger partial charge in [0.05, 0.1) is 3.39 Å². The molecule has 0 aromatic heterocycles. The predicted octanol–water partition coefficient (Wildman–Crippen LogP) is 2.77. The van der Waals surface area contributed by atoms with E-state index >= 15 is 0 Å². The van der Waals surface area contributed by atoms with Crippen LogP contribution < -0.4 is 0 Å². The van der Waals surface area contributed by atoms with Crippen LogP contribution in [0.2, 0.25) is 0 Å². The third-order valence-electron chi connectivity index (χ3n) is 0.332. The molecule has 0 N–H and O–H groups in total. The molecule has 0 spiro atoms. The monoisotopic (exact) mass is 291 g/mol. The minimum atomic E-state index is -0.230. The molecule has 0 heterocycles. The van der Waals surface area contributed by atoms with E-state index in [1.54, 1.807) is 0 Å². The number of hydrogen-bond donors (Lipinski definition) is 0. The van der Waals surface area contributed by atoms with Crippen molar-refractivity contribution in [3.63, 3.8) is 0 Å². The van der Waals surface area contributed by atoms with E-state index in [9.17, 15) is 5.11 Å². The van der Waals surface area contributed by atoms with Gasteiger partial charge in [0.15, 0.2) is 0 Å². The van der Waals surface area contributed by atoms with Crippen LogP contribution in [-0.2, 0) is 5.11 Å². The Bertz CT molecular complexity index is 84.2. The smallest absolute Gasteiger partial charge is 0.115 e. The van der Waals surface area contributed by atoms with Crippen LogP contribution >= 0.6 is 47.8 Å². The van der Waals surface area contributed by atoms with Crippen molar-refractivity contribution < 1.29 is 5.11 Å². The molecular weight excluding hydrogens is 292 g/mol. The first-order valence-electron chi connectivity index (χ1n) is 1.46. The second-order valence-electron chi connectivity index (χ2n) is 0.810. The molecule has 0 rings (SSSR count). The van der Waals surface area contributed by atoms with Crippen molar-refractivity contribution in [2.24, 2.45) is 0 Å². The summed E-state index contributed by atoms with van der Waals surface area (Å²) in [5.74, 6) is 0. The van der Waals surface area contributed by atoms with Gasteiger partial charge in [0.2, 0.25) is 0 Å². The molecule has 0 aromatic rings. The molecule has 0 aliphatic carbocycles. The highest BCUT2D eigenvalue weighted by Crippen LogP contribution is 2.22. The van der Waals surface area contributed by atoms with E-state index in [4.69, 9.17) is 0 Å². The first-order valence-corrected chi connectivity index (χ1v) is 3.84. The molecule has 0 aromatic carbocycles. The number of halogens is 3. The fourth-order valence-electron chi connectivity index (χ4n) is 0.0546. The molecule has 0 saturated carbocycles. The molecule has 0 unspecified atom stereocenters. The van der Waals surface area contributed by atoms with Crippen LogP contribution in [0.1, 0.15) is 0 Å². The first-order chi connectivity index (χ1) is 3.18. The van der Waals surface area contributed by atoms with Crippen molar-refractivity contribution in [3.05, 3.63) is 7.87 Å². The third kappa shape index (κ3) is 3.70. The molecule has 1 radical (unpaired) electrons. The lowest BCUT2D eigenvalue weighted by Gasteiger charge is -1.85. The maximum absolute atomic E-state index is 9.91. The second-order valence-corrected chi connectivity index (χ2v) is 4.42. The van der Waals surface area contributed by atoms with Crippen molar-refractivity contribution in [1.82, 2.24) is 0 Å². The molecule has 1 nitrogen and oxygen atoms in total. The van der Waals surface area contributed by atoms with Crippen LogP contribution in [0, 0.1) is 0 Å². The van der Waals surface area contributed by atoms with Gasteiger partial charge >= 0.3 is 0 Å². The van der Waals surface area contributed by atoms with Crippen molar-refractivity contribution in [2.75, 3.05) is 6.61 Å². The lowest BCUT2D eigenvalue weighted by Crippen LogP contribution is -1.75. The molecule has 0 aliphatic rings. The number of rotatable bonds is 1. The normalized spacial score (nSPS) is 8.57. The summed E-state index contributed by atoms with van der Waals surface area (Å²) in [6.45, 7) is -0.230. The van der Waals surface area contributed by atoms with Crippen LogP contribution in [0.3, 0.4) is 0 Å². The minimum absolute atomic E-state index is 0.230. The van der Waals surface area contributed by atoms with Gasteiger partial charge in [-0.2, -0.15) is 0 Å². The van der Waals surface area contributed by atoms with Crippen LogP contribution in [0.15, 0.2) is 7.87 Å². The van der Waals surface area contributed by atoms with Gasteiger partial charge in [0, 0.05) is 4.48 Å². The van der Waals surface area contributed by atoms with Gasteiger partial charge in [-0.3, -0.25) is 0 Å². The zero-order valence-electron chi connectivity index (χ0n) is 3.25. The van der Waals surface area contributed by atoms with E-state index in [1.165, 1.54) is 0 Å². The maximum Gasteiger partial charge on any atom is 0.115 e. The highest BCUT2D eigenvalue weighted by Gasteiger charge is 1.92. The van der Waals surface area contributed by atoms with Crippen molar-refractivity contribution in [2.45, 2.75) is 0 Å². The number of hydrogen-bond acceptors (Lipinski definition) is 0. The van der Waals surface area contributed by atoms with E-state index in [0.717, 1.165) is 0 Å². The van der Waals surface area contributed by atoms with Gasteiger partial charge in [-0.1, -0.05) is 15.9 Å². The molecule has 0 bridgehead atoms. The molecular formula is C3H2Br3O. The largest absolute Gasteiger partial charge is 0.231 e. The molecule has 41 valence electrons. The Morgan fingerprint density at radius 1 is 1.29 bits per heavy atom. The Labute approximate surface area is 67.2 Å². The Balaban J connectivity index is 3.72. The molecule has 4 heteroatoms. The Hall–Kier alpha value is 1.14. The molecule has 7 heavy (non-hydrogen) atoms. The van der Waals surface area contributed by atoms with Gasteiger partial charge in [0.25, 0.3) is 0 Å². The summed E-state index contributed by atoms with van der Waals surface area (Å²) in [4.78, 5) is 0. The average Bonchev–Trinajstić information content (AvgIpc) is 1.65. The summed E-state index contributed by atoms with van der Waals surface area (Å²) >= 11 is 9.11. The fraction of sp³-hybridized carbons (Fsp3) is 0.333. The van der Waals surface area contributed by atoms with Gasteiger partial charge in [-0.15, -0.1) is 0 Å². The summed E-state index contributed by atoms with van der Waals surface area (Å²) in [6, 6.07) is 0. The summed E-state index contributed by atoms with van der Waals surface area (Å²) in [7, 11) is 0. The zero-order chi connectivity index (χ0) is 5.86. The summed E-state index contributed by atoms with van der Waals surface area (Å²) in [6.07, 6.45) is 0. The third-order valence-corrected chi connectivity index (χ3v) is 2.98. The molecule has 0 fully saturated rings. The molecule has 0 amide bonds. The van der Waals surface area contributed by atoms with Crippen LogP contribution in [-0.4, -0.2) is 6.61 Å². The van der Waals surface area contributed by atoms with Gasteiger partial charge in [-0.25, -0.2) is 5.11 Å². The molecule has 0 atom stereocenters. The van der Waals surface area contributed by atoms with Gasteiger partial charge in [0.1, 0.15) is 6.61 Å². The van der Waals surface area contributed by atoms with E-state index < -0.39 is 0 Å². The Morgan fingerprint density at radius 2 is 1.71 bits per heavy atom. The molecule has 0 aliphatic heterocycles. The van der Waals surface area contributed by atoms with Crippen LogP contribution in [0.4, 0.5) is 0 Å². The topological polar surface area (TPSA) is 19.9 Å². The van der Waals surface area contributed by atoms with Crippen LogP contribution in [0.25, 0.3) is 0 Å². The second kappa shape index (κ2) is 4.06. The van der Waals surface area contributed by atoms with Crippen molar-refractivity contribution in [3.8, 4) is 0 Å². The van der Waals surface area contributed by atoms with E-state index in [-0.39, 0.29) is 6.61 Å². The van der Waals surface area contributed by atoms with Gasteiger partial charge in [-0.05, 0) is 31.9 Å². The Morgan fingerprint density at radius 3 is 1.71 bits per heavy atom. The Kier molecular flexibility index (Phi) is 4.72. The van der Waals surface area contributed by atoms with E-state index in [0.29, 0.717) is 7.87 Å². The van der Waals surface area contributed by atoms with Crippen molar-refractivity contribution >= 4 is 47.8 Å². The summed E-state index contributed by atoms with van der Waals surface area (Å²) in [5, 5.41) is 9.91. The summed E-state index contributed by atoms with van der Waals surface area (Å²) in [5.41, 5.74) is 0. The first kappa shape index (κ1) is 8.14. The highest BCUT2D eigenvalue weighted by atomic mass is 79.9. The zero-order valence-corrected chi connectivity index (χ0v) is 8.01. The lowest BCUT2D eigenvalue weighted by molar-refractivity contribution is 0.230. The van der Waals surface area contributed by atoms with Crippen molar-refractivity contribution in [1.29, 1.82) is 0 Å². The minimum Gasteiger partial charge on any atom is -0.231 e. The molecule has 0 saturated heterocycles. The summed E-state index contributed by atoms with van der Waals surface area (Å²) < 4.78 is 1.29. The standard InChI is InChI=1S/C3H2Br3O/c4-2(1-7)3(5)6/h1H2. The highest BCUT2D eigenvalue weighted by molar-refractivity contribution is 9.29.